The number of carbonyl (C=O) groups is 3. The van der Waals surface area contributed by atoms with Crippen LogP contribution in [-0.4, -0.2) is 144 Å². The third-order valence-corrected chi connectivity index (χ3v) is 19.5. The SMILES string of the molecule is CC1(C)CCC(c2ccc(Cl)cc2)=C(CN2CCN(c3ccc(C(=O)NS(=O)(=O)c4ccc(N[C@H](CCN5CCN(Cc6ccnc(N7CCC(=O)NC7=O)c6F)CC5)CSc5ccccc5)c(S(=O)(=O)C(F)(F)F)c4)cc3)CC2)C1. The molecule has 1 aliphatic carbocycles. The quantitative estimate of drug-likeness (QED) is 0.0525. The fourth-order valence-corrected chi connectivity index (χ4v) is 13.8. The molecule has 4 heterocycles. The Labute approximate surface area is 479 Å². The summed E-state index contributed by atoms with van der Waals surface area (Å²) in [6, 6.07) is 26.1. The molecular formula is C57H64ClF4N9O7S3. The van der Waals surface area contributed by atoms with Gasteiger partial charge in [-0.2, -0.15) is 13.2 Å². The predicted molar refractivity (Wildman–Crippen MR) is 306 cm³/mol. The normalized spacial score (nSPS) is 18.4. The lowest BCUT2D eigenvalue weighted by Gasteiger charge is -2.39. The summed E-state index contributed by atoms with van der Waals surface area (Å²) in [6.07, 6.45) is 4.84. The molecule has 4 amide bonds. The molecule has 4 aromatic carbocycles. The number of alkyl halides is 3. The van der Waals surface area contributed by atoms with Gasteiger partial charge in [0, 0.05) is 130 Å². The van der Waals surface area contributed by atoms with E-state index in [2.05, 4.69) is 56.3 Å². The summed E-state index contributed by atoms with van der Waals surface area (Å²) in [4.78, 5) is 50.2. The molecule has 0 bridgehead atoms. The van der Waals surface area contributed by atoms with Crippen LogP contribution in [0.4, 0.5) is 39.5 Å². The van der Waals surface area contributed by atoms with Crippen LogP contribution in [0.25, 0.3) is 5.57 Å². The number of benzene rings is 4. The number of allylic oxidation sites excluding steroid dienone is 1. The van der Waals surface area contributed by atoms with E-state index in [0.29, 0.717) is 68.9 Å². The molecule has 81 heavy (non-hydrogen) atoms. The van der Waals surface area contributed by atoms with Crippen LogP contribution in [0.3, 0.4) is 0 Å². The number of rotatable bonds is 19. The number of sulfonamides is 1. The van der Waals surface area contributed by atoms with Crippen molar-refractivity contribution in [2.24, 2.45) is 5.41 Å². The first kappa shape index (κ1) is 59.5. The molecule has 9 rings (SSSR count). The number of anilines is 3. The van der Waals surface area contributed by atoms with Crippen LogP contribution < -0.4 is 25.2 Å². The second kappa shape index (κ2) is 25.2. The molecule has 0 spiro atoms. The number of hydrogen-bond acceptors (Lipinski definition) is 14. The van der Waals surface area contributed by atoms with Gasteiger partial charge in [-0.15, -0.1) is 11.8 Å². The Balaban J connectivity index is 0.837. The first-order chi connectivity index (χ1) is 38.5. The lowest BCUT2D eigenvalue weighted by molar-refractivity contribution is -0.120. The number of aromatic nitrogens is 1. The van der Waals surface area contributed by atoms with Gasteiger partial charge in [-0.05, 0) is 115 Å². The van der Waals surface area contributed by atoms with Crippen molar-refractivity contribution < 1.29 is 48.8 Å². The first-order valence-electron chi connectivity index (χ1n) is 26.7. The zero-order valence-corrected chi connectivity index (χ0v) is 48.1. The minimum atomic E-state index is -6.16. The fourth-order valence-electron chi connectivity index (χ4n) is 10.6. The van der Waals surface area contributed by atoms with E-state index >= 15 is 4.39 Å². The summed E-state index contributed by atoms with van der Waals surface area (Å²) in [7, 11) is -11.1. The molecule has 5 aromatic rings. The van der Waals surface area contributed by atoms with Crippen molar-refractivity contribution in [2.75, 3.05) is 92.9 Å². The minimum absolute atomic E-state index is 0.00770. The number of pyridine rings is 1. The Bertz CT molecular complexity index is 3360. The molecule has 432 valence electrons. The Hall–Kier alpha value is -6.08. The molecular weight excluding hydrogens is 1130 g/mol. The van der Waals surface area contributed by atoms with Crippen molar-refractivity contribution >= 4 is 83.8 Å². The van der Waals surface area contributed by atoms with Gasteiger partial charge in [-0.3, -0.25) is 29.6 Å². The van der Waals surface area contributed by atoms with Crippen molar-refractivity contribution in [1.82, 2.24) is 29.7 Å². The van der Waals surface area contributed by atoms with E-state index in [1.165, 1.54) is 52.9 Å². The van der Waals surface area contributed by atoms with E-state index in [1.807, 2.05) is 52.1 Å². The van der Waals surface area contributed by atoms with Crippen molar-refractivity contribution in [3.63, 3.8) is 0 Å². The van der Waals surface area contributed by atoms with Gasteiger partial charge in [0.15, 0.2) is 11.6 Å². The average molecular weight is 1190 g/mol. The Morgan fingerprint density at radius 1 is 0.815 bits per heavy atom. The number of halogens is 5. The van der Waals surface area contributed by atoms with Crippen LogP contribution in [0.1, 0.15) is 67.4 Å². The monoisotopic (exact) mass is 1190 g/mol. The molecule has 1 aromatic heterocycles. The molecule has 0 radical (unpaired) electrons. The second-order valence-electron chi connectivity index (χ2n) is 21.5. The maximum atomic E-state index is 15.7. The van der Waals surface area contributed by atoms with Crippen LogP contribution in [0.15, 0.2) is 130 Å². The molecule has 1 atom stereocenters. The fraction of sp³-hybridized carbons (Fsp3) is 0.404. The van der Waals surface area contributed by atoms with Crippen molar-refractivity contribution in [1.29, 1.82) is 0 Å². The number of hydrogen-bond donors (Lipinski definition) is 3. The summed E-state index contributed by atoms with van der Waals surface area (Å²) < 4.78 is 115. The minimum Gasteiger partial charge on any atom is -0.380 e. The summed E-state index contributed by atoms with van der Waals surface area (Å²) >= 11 is 7.60. The average Bonchev–Trinajstić information content (AvgIpc) is 3.60. The number of urea groups is 1. The van der Waals surface area contributed by atoms with E-state index in [9.17, 15) is 44.4 Å². The standard InChI is InChI=1S/C57H64ClF4N9O7S3/c1-56(2)22-18-48(39-8-12-43(58)13-9-39)42(35-56)37-69-30-32-70(33-31-69)45-14-10-40(11-15-45)54(73)66-81(77,78)47-16-17-49(50(34-47)80(75,76)57(60,61)62)64-44(38-79-46-6-4-3-5-7-46)20-24-67-26-28-68(29-27-67)36-41-19-23-63-53(52(41)59)71-25-21-51(72)65-55(71)74/h3-17,19,23,34,44,64H,18,20-22,24-33,35-38H2,1-2H3,(H,66,73)(H,65,72,74)/t44-/m1/s1. The Morgan fingerprint density at radius 3 is 2.16 bits per heavy atom. The van der Waals surface area contributed by atoms with Crippen molar-refractivity contribution in [3.8, 4) is 0 Å². The third kappa shape index (κ3) is 14.8. The number of carbonyl (C=O) groups excluding carboxylic acids is 3. The number of piperazine rings is 2. The van der Waals surface area contributed by atoms with Crippen molar-refractivity contribution in [3.05, 3.63) is 142 Å². The van der Waals surface area contributed by atoms with Crippen LogP contribution in [-0.2, 0) is 31.2 Å². The maximum absolute atomic E-state index is 15.7. The van der Waals surface area contributed by atoms with Crippen LogP contribution in [0, 0.1) is 11.2 Å². The molecule has 3 aliphatic heterocycles. The summed E-state index contributed by atoms with van der Waals surface area (Å²) in [5, 5.41) is 5.87. The van der Waals surface area contributed by atoms with Crippen molar-refractivity contribution in [2.45, 2.75) is 78.7 Å². The highest BCUT2D eigenvalue weighted by Gasteiger charge is 2.48. The van der Waals surface area contributed by atoms with Crippen LogP contribution >= 0.6 is 23.4 Å². The van der Waals surface area contributed by atoms with E-state index in [-0.39, 0.29) is 42.1 Å². The number of nitrogens with zero attached hydrogens (tertiary/aromatic N) is 6. The lowest BCUT2D eigenvalue weighted by Crippen LogP contribution is -2.50. The van der Waals surface area contributed by atoms with Gasteiger partial charge in [0.2, 0.25) is 5.91 Å². The number of imide groups is 1. The van der Waals surface area contributed by atoms with Gasteiger partial charge in [-0.25, -0.2) is 35.7 Å². The molecule has 0 unspecified atom stereocenters. The van der Waals surface area contributed by atoms with E-state index < -0.39 is 70.6 Å². The van der Waals surface area contributed by atoms with Gasteiger partial charge in [0.05, 0.1) is 10.6 Å². The Kier molecular flexibility index (Phi) is 18.5. The number of sulfone groups is 1. The smallest absolute Gasteiger partial charge is 0.380 e. The lowest BCUT2D eigenvalue weighted by atomic mass is 9.73. The number of thioether (sulfide) groups is 1. The highest BCUT2D eigenvalue weighted by atomic mass is 35.5. The highest BCUT2D eigenvalue weighted by Crippen LogP contribution is 2.43. The molecule has 3 fully saturated rings. The maximum Gasteiger partial charge on any atom is 0.501 e. The van der Waals surface area contributed by atoms with Gasteiger partial charge < -0.3 is 15.1 Å². The first-order valence-corrected chi connectivity index (χ1v) is 31.1. The van der Waals surface area contributed by atoms with Crippen LogP contribution in [0.5, 0.6) is 0 Å². The largest absolute Gasteiger partial charge is 0.501 e. The zero-order valence-electron chi connectivity index (χ0n) is 44.9. The second-order valence-corrected chi connectivity index (χ2v) is 26.6. The molecule has 3 saturated heterocycles. The highest BCUT2D eigenvalue weighted by molar-refractivity contribution is 7.99. The number of amides is 4. The summed E-state index contributed by atoms with van der Waals surface area (Å²) in [6.45, 7) is 11.2. The molecule has 16 nitrogen and oxygen atoms in total. The molecule has 3 N–H and O–H groups in total. The van der Waals surface area contributed by atoms with Gasteiger partial charge in [0.1, 0.15) is 4.90 Å². The predicted octanol–water partition coefficient (Wildman–Crippen LogP) is 9.30. The third-order valence-electron chi connectivity index (χ3n) is 15.2. The summed E-state index contributed by atoms with van der Waals surface area (Å²) in [5.41, 5.74) is -0.978. The molecule has 24 heteroatoms. The Morgan fingerprint density at radius 2 is 1.48 bits per heavy atom. The van der Waals surface area contributed by atoms with E-state index in [1.54, 1.807) is 12.1 Å². The molecule has 4 aliphatic rings. The van der Waals surface area contributed by atoms with E-state index in [4.69, 9.17) is 11.6 Å². The number of nitrogens with one attached hydrogen (secondary N) is 3. The van der Waals surface area contributed by atoms with Gasteiger partial charge in [0.25, 0.3) is 25.8 Å². The van der Waals surface area contributed by atoms with Crippen LogP contribution in [0.2, 0.25) is 5.02 Å². The van der Waals surface area contributed by atoms with Gasteiger partial charge in [-0.1, -0.05) is 61.4 Å². The van der Waals surface area contributed by atoms with E-state index in [0.717, 1.165) is 66.5 Å². The van der Waals surface area contributed by atoms with Gasteiger partial charge >= 0.3 is 11.5 Å². The zero-order chi connectivity index (χ0) is 57.7. The topological polar surface area (TPSA) is 185 Å². The summed E-state index contributed by atoms with van der Waals surface area (Å²) in [5.74, 6) is -2.08. The molecule has 0 saturated carbocycles.